The van der Waals surface area contributed by atoms with Crippen molar-refractivity contribution in [1.29, 1.82) is 0 Å². The highest BCUT2D eigenvalue weighted by Crippen LogP contribution is 2.38. The largest absolute Gasteiger partial charge is 0.339 e. The Morgan fingerprint density at radius 2 is 2.11 bits per heavy atom. The number of fused-ring (bicyclic) bond motifs is 1. The molecule has 0 saturated heterocycles. The molecule has 1 aliphatic rings. The minimum atomic E-state index is -0.253. The van der Waals surface area contributed by atoms with E-state index in [4.69, 9.17) is 4.52 Å². The maximum Gasteiger partial charge on any atom is 0.270 e. The number of aromatic nitrogens is 4. The second-order valence-corrected chi connectivity index (χ2v) is 6.76. The molecule has 1 saturated carbocycles. The zero-order valence-electron chi connectivity index (χ0n) is 15.1. The Bertz CT molecular complexity index is 1020. The van der Waals surface area contributed by atoms with Gasteiger partial charge in [-0.05, 0) is 31.9 Å². The molecule has 0 aliphatic heterocycles. The van der Waals surface area contributed by atoms with Crippen LogP contribution in [-0.4, -0.2) is 37.5 Å². The smallest absolute Gasteiger partial charge is 0.270 e. The van der Waals surface area contributed by atoms with Crippen molar-refractivity contribution in [2.75, 3.05) is 6.54 Å². The van der Waals surface area contributed by atoms with Crippen LogP contribution in [0.15, 0.2) is 33.6 Å². The number of hydrogen-bond donors (Lipinski definition) is 1. The molecule has 1 aliphatic carbocycles. The van der Waals surface area contributed by atoms with Crippen LogP contribution in [0, 0.1) is 0 Å². The lowest BCUT2D eigenvalue weighted by molar-refractivity contribution is -0.131. The number of hydrogen-bond acceptors (Lipinski definition) is 6. The molecule has 0 bridgehead atoms. The van der Waals surface area contributed by atoms with Gasteiger partial charge in [-0.1, -0.05) is 17.3 Å². The number of nitrogens with one attached hydrogen (secondary N) is 1. The van der Waals surface area contributed by atoms with Crippen molar-refractivity contribution in [2.45, 2.75) is 45.1 Å². The Labute approximate surface area is 155 Å². The molecule has 4 rings (SSSR count). The van der Waals surface area contributed by atoms with Gasteiger partial charge < -0.3 is 14.4 Å². The Balaban J connectivity index is 1.41. The van der Waals surface area contributed by atoms with Gasteiger partial charge in [0.25, 0.3) is 5.56 Å². The van der Waals surface area contributed by atoms with Gasteiger partial charge in [-0.3, -0.25) is 9.59 Å². The van der Waals surface area contributed by atoms with Crippen LogP contribution in [0.3, 0.4) is 0 Å². The van der Waals surface area contributed by atoms with Crippen LogP contribution in [-0.2, 0) is 17.8 Å². The number of nitrogens with zero attached hydrogens (tertiary/aromatic N) is 4. The van der Waals surface area contributed by atoms with Gasteiger partial charge >= 0.3 is 0 Å². The molecule has 2 aromatic heterocycles. The Morgan fingerprint density at radius 3 is 2.89 bits per heavy atom. The minimum Gasteiger partial charge on any atom is -0.339 e. The van der Waals surface area contributed by atoms with E-state index in [9.17, 15) is 9.59 Å². The van der Waals surface area contributed by atoms with Crippen molar-refractivity contribution in [3.8, 4) is 0 Å². The molecule has 0 atom stereocenters. The maximum absolute atomic E-state index is 12.6. The van der Waals surface area contributed by atoms with Crippen molar-refractivity contribution in [2.24, 2.45) is 0 Å². The summed E-state index contributed by atoms with van der Waals surface area (Å²) in [7, 11) is 0. The number of amides is 1. The first kappa shape index (κ1) is 17.4. The van der Waals surface area contributed by atoms with E-state index >= 15 is 0 Å². The number of benzene rings is 1. The summed E-state index contributed by atoms with van der Waals surface area (Å²) in [5.41, 5.74) is 1.52. The van der Waals surface area contributed by atoms with Crippen LogP contribution in [0.5, 0.6) is 0 Å². The Kier molecular flexibility index (Phi) is 4.70. The molecule has 140 valence electrons. The standard InChI is InChI=1S/C19H21N5O3/c1-2-24(11-16-22-19(27-23-16)12-7-8-12)17(25)10-9-15-18(26)21-14-6-4-3-5-13(14)20-15/h3-6,12H,2,7-11H2,1H3,(H,21,26). The molecule has 1 fully saturated rings. The monoisotopic (exact) mass is 367 g/mol. The van der Waals surface area contributed by atoms with Gasteiger partial charge in [0, 0.05) is 25.3 Å². The topological polar surface area (TPSA) is 105 Å². The van der Waals surface area contributed by atoms with Crippen LogP contribution in [0.4, 0.5) is 0 Å². The van der Waals surface area contributed by atoms with Crippen molar-refractivity contribution >= 4 is 16.9 Å². The van der Waals surface area contributed by atoms with Gasteiger partial charge in [-0.15, -0.1) is 0 Å². The van der Waals surface area contributed by atoms with E-state index in [0.717, 1.165) is 12.8 Å². The number of para-hydroxylation sites is 2. The normalized spacial score (nSPS) is 13.8. The lowest BCUT2D eigenvalue weighted by Gasteiger charge is -2.18. The number of carbonyl (C=O) groups excluding carboxylic acids is 1. The average molecular weight is 367 g/mol. The molecule has 1 N–H and O–H groups in total. The number of aromatic amines is 1. The molecular formula is C19H21N5O3. The van der Waals surface area contributed by atoms with E-state index in [0.29, 0.717) is 47.4 Å². The fourth-order valence-electron chi connectivity index (χ4n) is 3.00. The van der Waals surface area contributed by atoms with E-state index in [2.05, 4.69) is 20.1 Å². The van der Waals surface area contributed by atoms with E-state index in [1.165, 1.54) is 0 Å². The van der Waals surface area contributed by atoms with Crippen molar-refractivity contribution in [3.05, 3.63) is 52.0 Å². The first-order chi connectivity index (χ1) is 13.1. The fraction of sp³-hybridized carbons (Fsp3) is 0.421. The number of rotatable bonds is 7. The predicted molar refractivity (Wildman–Crippen MR) is 98.0 cm³/mol. The highest BCUT2D eigenvalue weighted by Gasteiger charge is 2.30. The van der Waals surface area contributed by atoms with Gasteiger partial charge in [-0.2, -0.15) is 4.98 Å². The molecule has 8 heteroatoms. The molecular weight excluding hydrogens is 346 g/mol. The molecule has 0 unspecified atom stereocenters. The highest BCUT2D eigenvalue weighted by atomic mass is 16.5. The highest BCUT2D eigenvalue weighted by molar-refractivity contribution is 5.76. The first-order valence-electron chi connectivity index (χ1n) is 9.22. The molecule has 1 amide bonds. The van der Waals surface area contributed by atoms with E-state index in [1.807, 2.05) is 25.1 Å². The summed E-state index contributed by atoms with van der Waals surface area (Å²) in [6, 6.07) is 7.35. The number of carbonyl (C=O) groups is 1. The number of aryl methyl sites for hydroxylation is 1. The van der Waals surface area contributed by atoms with Gasteiger partial charge in [0.1, 0.15) is 5.69 Å². The van der Waals surface area contributed by atoms with Crippen molar-refractivity contribution in [3.63, 3.8) is 0 Å². The van der Waals surface area contributed by atoms with Gasteiger partial charge in [0.2, 0.25) is 11.8 Å². The summed E-state index contributed by atoms with van der Waals surface area (Å²) < 4.78 is 5.25. The molecule has 3 aromatic rings. The summed E-state index contributed by atoms with van der Waals surface area (Å²) in [5.74, 6) is 1.52. The second-order valence-electron chi connectivity index (χ2n) is 6.76. The molecule has 0 spiro atoms. The zero-order valence-corrected chi connectivity index (χ0v) is 15.1. The second kappa shape index (κ2) is 7.30. The third kappa shape index (κ3) is 3.89. The quantitative estimate of drug-likeness (QED) is 0.686. The number of H-pyrrole nitrogens is 1. The third-order valence-electron chi connectivity index (χ3n) is 4.72. The summed E-state index contributed by atoms with van der Waals surface area (Å²) in [5, 5.41) is 3.97. The molecule has 2 heterocycles. The molecule has 8 nitrogen and oxygen atoms in total. The summed E-state index contributed by atoms with van der Waals surface area (Å²) in [4.78, 5) is 38.0. The maximum atomic E-state index is 12.6. The Morgan fingerprint density at radius 1 is 1.30 bits per heavy atom. The van der Waals surface area contributed by atoms with Crippen LogP contribution < -0.4 is 5.56 Å². The van der Waals surface area contributed by atoms with Crippen LogP contribution in [0.2, 0.25) is 0 Å². The summed E-state index contributed by atoms with van der Waals surface area (Å²) in [6.07, 6.45) is 2.67. The van der Waals surface area contributed by atoms with Crippen LogP contribution in [0.25, 0.3) is 11.0 Å². The van der Waals surface area contributed by atoms with Gasteiger partial charge in [0.05, 0.1) is 17.6 Å². The first-order valence-corrected chi connectivity index (χ1v) is 9.22. The third-order valence-corrected chi connectivity index (χ3v) is 4.72. The molecule has 27 heavy (non-hydrogen) atoms. The Hall–Kier alpha value is -3.03. The molecule has 0 radical (unpaired) electrons. The lowest BCUT2D eigenvalue weighted by Crippen LogP contribution is -2.31. The van der Waals surface area contributed by atoms with Gasteiger partial charge in [0.15, 0.2) is 5.82 Å². The van der Waals surface area contributed by atoms with Gasteiger partial charge in [-0.25, -0.2) is 4.98 Å². The summed E-state index contributed by atoms with van der Waals surface area (Å²) >= 11 is 0. The minimum absolute atomic E-state index is 0.0652. The summed E-state index contributed by atoms with van der Waals surface area (Å²) in [6.45, 7) is 2.75. The lowest BCUT2D eigenvalue weighted by atomic mass is 10.2. The van der Waals surface area contributed by atoms with Crippen LogP contribution >= 0.6 is 0 Å². The SMILES string of the molecule is CCN(Cc1noc(C2CC2)n1)C(=O)CCc1nc2ccccc2[nH]c1=O. The van der Waals surface area contributed by atoms with Crippen LogP contribution in [0.1, 0.15) is 49.5 Å². The van der Waals surface area contributed by atoms with E-state index in [-0.39, 0.29) is 24.3 Å². The van der Waals surface area contributed by atoms with Crippen molar-refractivity contribution in [1.82, 2.24) is 25.0 Å². The fourth-order valence-corrected chi connectivity index (χ4v) is 3.00. The average Bonchev–Trinajstić information content (AvgIpc) is 3.43. The zero-order chi connectivity index (χ0) is 18.8. The van der Waals surface area contributed by atoms with Crippen molar-refractivity contribution < 1.29 is 9.32 Å². The van der Waals surface area contributed by atoms with E-state index in [1.54, 1.807) is 11.0 Å². The predicted octanol–water partition coefficient (Wildman–Crippen LogP) is 2.16. The molecule has 1 aromatic carbocycles. The van der Waals surface area contributed by atoms with E-state index < -0.39 is 0 Å².